The van der Waals surface area contributed by atoms with E-state index in [2.05, 4.69) is 13.1 Å². The summed E-state index contributed by atoms with van der Waals surface area (Å²) in [6, 6.07) is 1.47. The Morgan fingerprint density at radius 3 is 1.82 bits per heavy atom. The minimum Gasteiger partial charge on any atom is -0.121 e. The van der Waals surface area contributed by atoms with Gasteiger partial charge in [0.25, 0.3) is 0 Å². The molecular formula is C16H30Si. The van der Waals surface area contributed by atoms with E-state index in [1.807, 2.05) is 0 Å². The zero-order valence-electron chi connectivity index (χ0n) is 11.7. The molecule has 0 spiro atoms. The van der Waals surface area contributed by atoms with Crippen molar-refractivity contribution in [3.05, 3.63) is 0 Å². The number of hydrogen-bond acceptors (Lipinski definition) is 0. The molecule has 2 aliphatic carbocycles. The van der Waals surface area contributed by atoms with Gasteiger partial charge in [-0.05, 0) is 45.3 Å². The lowest BCUT2D eigenvalue weighted by molar-refractivity contribution is 0.201. The summed E-state index contributed by atoms with van der Waals surface area (Å²) in [4.78, 5) is 0. The molecule has 0 aliphatic heterocycles. The molecule has 0 amide bonds. The van der Waals surface area contributed by atoms with Crippen molar-refractivity contribution in [1.82, 2.24) is 0 Å². The highest BCUT2D eigenvalue weighted by molar-refractivity contribution is 6.40. The van der Waals surface area contributed by atoms with Gasteiger partial charge in [-0.25, -0.2) is 0 Å². The largest absolute Gasteiger partial charge is 0.121 e. The third kappa shape index (κ3) is 4.35. The third-order valence-electron chi connectivity index (χ3n) is 5.27. The Morgan fingerprint density at radius 1 is 0.824 bits per heavy atom. The second-order valence-electron chi connectivity index (χ2n) is 6.77. The topological polar surface area (TPSA) is 0 Å². The first kappa shape index (κ1) is 13.5. The minimum atomic E-state index is 0.502. The van der Waals surface area contributed by atoms with Crippen LogP contribution in [0.2, 0.25) is 6.04 Å². The smallest absolute Gasteiger partial charge is 0.0151 e. The lowest BCUT2D eigenvalue weighted by atomic mass is 9.74. The molecule has 2 aliphatic rings. The van der Waals surface area contributed by atoms with Crippen LogP contribution in [-0.4, -0.2) is 15.3 Å². The van der Waals surface area contributed by atoms with Crippen LogP contribution in [0.15, 0.2) is 0 Å². The van der Waals surface area contributed by atoms with E-state index in [0.717, 1.165) is 23.7 Å². The van der Waals surface area contributed by atoms with E-state index >= 15 is 0 Å². The Labute approximate surface area is 110 Å². The summed E-state index contributed by atoms with van der Waals surface area (Å²) in [5, 5.41) is 0. The monoisotopic (exact) mass is 250 g/mol. The van der Waals surface area contributed by atoms with E-state index < -0.39 is 0 Å². The Bertz CT molecular complexity index is 220. The molecule has 2 rings (SSSR count). The van der Waals surface area contributed by atoms with Crippen LogP contribution in [0.5, 0.6) is 0 Å². The Balaban J connectivity index is 1.66. The average molecular weight is 251 g/mol. The third-order valence-corrected chi connectivity index (χ3v) is 6.27. The SMILES string of the molecule is C=[SiH]CC1CCC(CC2CCC(C)CC2)CC1. The first-order valence-electron chi connectivity index (χ1n) is 7.88. The molecule has 0 saturated heterocycles. The van der Waals surface area contributed by atoms with Crippen LogP contribution >= 0.6 is 0 Å². The van der Waals surface area contributed by atoms with Crippen molar-refractivity contribution in [2.24, 2.45) is 23.7 Å². The van der Waals surface area contributed by atoms with E-state index in [9.17, 15) is 0 Å². The van der Waals surface area contributed by atoms with E-state index in [-0.39, 0.29) is 0 Å². The highest BCUT2D eigenvalue weighted by atomic mass is 28.2. The Morgan fingerprint density at radius 2 is 1.29 bits per heavy atom. The van der Waals surface area contributed by atoms with Crippen molar-refractivity contribution < 1.29 is 0 Å². The minimum absolute atomic E-state index is 0.502. The van der Waals surface area contributed by atoms with Crippen LogP contribution in [-0.2, 0) is 0 Å². The van der Waals surface area contributed by atoms with Crippen molar-refractivity contribution >= 4 is 15.3 Å². The summed E-state index contributed by atoms with van der Waals surface area (Å²) in [5.41, 5.74) is 0. The van der Waals surface area contributed by atoms with E-state index in [1.54, 1.807) is 6.42 Å². The second-order valence-corrected chi connectivity index (χ2v) is 7.82. The Hall–Kier alpha value is 0.0869. The van der Waals surface area contributed by atoms with Gasteiger partial charge in [0.05, 0.1) is 0 Å². The molecule has 0 aromatic carbocycles. The lowest BCUT2D eigenvalue weighted by Gasteiger charge is -2.33. The molecule has 0 nitrogen and oxygen atoms in total. The maximum atomic E-state index is 4.08. The van der Waals surface area contributed by atoms with Gasteiger partial charge < -0.3 is 0 Å². The van der Waals surface area contributed by atoms with E-state index in [1.165, 1.54) is 57.4 Å². The summed E-state index contributed by atoms with van der Waals surface area (Å²) in [5.74, 6) is 4.25. The van der Waals surface area contributed by atoms with Crippen LogP contribution in [0.25, 0.3) is 0 Å². The highest BCUT2D eigenvalue weighted by Gasteiger charge is 2.25. The summed E-state index contributed by atoms with van der Waals surface area (Å²) in [7, 11) is 0.502. The van der Waals surface area contributed by atoms with Crippen LogP contribution in [0.4, 0.5) is 0 Å². The molecular weight excluding hydrogens is 220 g/mol. The van der Waals surface area contributed by atoms with Gasteiger partial charge in [0.15, 0.2) is 0 Å². The molecule has 0 bridgehead atoms. The molecule has 1 heteroatoms. The van der Waals surface area contributed by atoms with Crippen molar-refractivity contribution in [2.45, 2.75) is 70.8 Å². The van der Waals surface area contributed by atoms with Gasteiger partial charge in [-0.2, -0.15) is 0 Å². The first-order valence-corrected chi connectivity index (χ1v) is 9.52. The molecule has 0 heterocycles. The molecule has 98 valence electrons. The molecule has 2 fully saturated rings. The van der Waals surface area contributed by atoms with Crippen molar-refractivity contribution in [1.29, 1.82) is 0 Å². The highest BCUT2D eigenvalue weighted by Crippen LogP contribution is 2.38. The quantitative estimate of drug-likeness (QED) is 0.653. The van der Waals surface area contributed by atoms with Crippen molar-refractivity contribution in [3.8, 4) is 0 Å². The fourth-order valence-corrected chi connectivity index (χ4v) is 4.92. The van der Waals surface area contributed by atoms with Crippen LogP contribution < -0.4 is 0 Å². The normalized spacial score (nSPS) is 38.9. The predicted octanol–water partition coefficient (Wildman–Crippen LogP) is 4.30. The maximum Gasteiger partial charge on any atom is -0.0151 e. The fraction of sp³-hybridized carbons (Fsp3) is 0.938. The molecule has 0 aromatic heterocycles. The van der Waals surface area contributed by atoms with Crippen LogP contribution in [0.3, 0.4) is 0 Å². The van der Waals surface area contributed by atoms with E-state index in [4.69, 9.17) is 0 Å². The van der Waals surface area contributed by atoms with Gasteiger partial charge in [-0.1, -0.05) is 58.3 Å². The van der Waals surface area contributed by atoms with E-state index in [0.29, 0.717) is 9.13 Å². The summed E-state index contributed by atoms with van der Waals surface area (Å²) < 4.78 is 0. The van der Waals surface area contributed by atoms with Gasteiger partial charge >= 0.3 is 0 Å². The molecule has 0 N–H and O–H groups in total. The first-order chi connectivity index (χ1) is 8.28. The number of hydrogen-bond donors (Lipinski definition) is 0. The van der Waals surface area contributed by atoms with Crippen molar-refractivity contribution in [2.75, 3.05) is 0 Å². The van der Waals surface area contributed by atoms with Gasteiger partial charge in [0.1, 0.15) is 0 Å². The Kier molecular flexibility index (Phi) is 5.46. The van der Waals surface area contributed by atoms with Crippen molar-refractivity contribution in [3.63, 3.8) is 0 Å². The molecule has 0 atom stereocenters. The van der Waals surface area contributed by atoms with Crippen LogP contribution in [0.1, 0.15) is 64.7 Å². The zero-order valence-corrected chi connectivity index (χ0v) is 12.8. The standard InChI is InChI=1S/C16H30Si/c1-13-3-5-14(6-4-13)11-15-7-9-16(10-8-15)12-17-2/h13-17H,2-12H2,1H3. The maximum absolute atomic E-state index is 4.08. The zero-order chi connectivity index (χ0) is 12.1. The summed E-state index contributed by atoms with van der Waals surface area (Å²) in [6.45, 7) is 2.43. The summed E-state index contributed by atoms with van der Waals surface area (Å²) in [6.07, 6.45) is 17.8. The second kappa shape index (κ2) is 6.87. The summed E-state index contributed by atoms with van der Waals surface area (Å²) >= 11 is 0. The predicted molar refractivity (Wildman–Crippen MR) is 80.3 cm³/mol. The van der Waals surface area contributed by atoms with Gasteiger partial charge in [0, 0.05) is 0 Å². The average Bonchev–Trinajstić information content (AvgIpc) is 2.35. The molecule has 0 aromatic rings. The van der Waals surface area contributed by atoms with Gasteiger partial charge in [0.2, 0.25) is 0 Å². The van der Waals surface area contributed by atoms with Gasteiger partial charge in [-0.15, -0.1) is 6.17 Å². The van der Waals surface area contributed by atoms with Crippen LogP contribution in [0, 0.1) is 23.7 Å². The fourth-order valence-electron chi connectivity index (χ4n) is 3.97. The number of rotatable bonds is 4. The molecule has 2 saturated carbocycles. The van der Waals surface area contributed by atoms with Gasteiger partial charge in [-0.3, -0.25) is 0 Å². The molecule has 17 heavy (non-hydrogen) atoms. The molecule has 0 unspecified atom stereocenters. The molecule has 0 radical (unpaired) electrons. The lowest BCUT2D eigenvalue weighted by Crippen LogP contribution is -2.20.